The van der Waals surface area contributed by atoms with Crippen LogP contribution in [-0.2, 0) is 26.2 Å². The first-order valence-electron chi connectivity index (χ1n) is 12.4. The molecule has 0 aliphatic carbocycles. The quantitative estimate of drug-likeness (QED) is 0.136. The van der Waals surface area contributed by atoms with Crippen molar-refractivity contribution in [1.82, 2.24) is 19.7 Å². The number of rotatable bonds is 11. The molecule has 3 aromatic heterocycles. The monoisotopic (exact) mass is 621 g/mol. The minimum absolute atomic E-state index is 0.00954. The van der Waals surface area contributed by atoms with E-state index in [4.69, 9.17) is 25.8 Å². The predicted molar refractivity (Wildman–Crippen MR) is 155 cm³/mol. The number of esters is 1. The van der Waals surface area contributed by atoms with Crippen LogP contribution in [0.4, 0.5) is 10.1 Å². The number of fused-ring (bicyclic) bond motifs is 1. The van der Waals surface area contributed by atoms with Crippen molar-refractivity contribution in [3.05, 3.63) is 59.3 Å². The second-order valence-corrected chi connectivity index (χ2v) is 17.9. The molecule has 0 unspecified atom stereocenters. The van der Waals surface area contributed by atoms with Crippen LogP contribution in [0.2, 0.25) is 30.7 Å². The van der Waals surface area contributed by atoms with E-state index in [1.807, 2.05) is 0 Å². The zero-order valence-electron chi connectivity index (χ0n) is 23.1. The summed E-state index contributed by atoms with van der Waals surface area (Å²) >= 11 is 5.93. The molecule has 0 atom stereocenters. The maximum absolute atomic E-state index is 15.8. The lowest BCUT2D eigenvalue weighted by Gasteiger charge is -2.15. The maximum atomic E-state index is 15.8. The van der Waals surface area contributed by atoms with Crippen molar-refractivity contribution in [2.24, 2.45) is 0 Å². The number of nitrogens with one attached hydrogen (secondary N) is 1. The van der Waals surface area contributed by atoms with Crippen LogP contribution in [0.25, 0.3) is 22.2 Å². The molecule has 0 radical (unpaired) electrons. The van der Waals surface area contributed by atoms with Gasteiger partial charge in [-0.2, -0.15) is 5.10 Å². The first-order valence-corrected chi connectivity index (χ1v) is 18.0. The van der Waals surface area contributed by atoms with Crippen LogP contribution in [0.5, 0.6) is 5.88 Å². The van der Waals surface area contributed by atoms with E-state index in [1.54, 1.807) is 6.07 Å². The number of methoxy groups -OCH3 is 2. The number of benzene rings is 1. The van der Waals surface area contributed by atoms with E-state index in [2.05, 4.69) is 39.4 Å². The molecular weight excluding hydrogens is 593 g/mol. The Kier molecular flexibility index (Phi) is 8.96. The van der Waals surface area contributed by atoms with Gasteiger partial charge in [-0.05, 0) is 30.3 Å². The molecule has 11 nitrogen and oxygen atoms in total. The molecule has 15 heteroatoms. The fraction of sp³-hybridized carbons (Fsp3) is 0.308. The van der Waals surface area contributed by atoms with Gasteiger partial charge >= 0.3 is 5.97 Å². The molecule has 0 saturated carbocycles. The van der Waals surface area contributed by atoms with Crippen molar-refractivity contribution in [2.45, 2.75) is 37.3 Å². The first-order chi connectivity index (χ1) is 19.3. The van der Waals surface area contributed by atoms with Crippen molar-refractivity contribution < 1.29 is 31.8 Å². The summed E-state index contributed by atoms with van der Waals surface area (Å²) in [4.78, 5) is 20.2. The van der Waals surface area contributed by atoms with E-state index in [-0.39, 0.29) is 45.2 Å². The second-order valence-electron chi connectivity index (χ2n) is 10.2. The van der Waals surface area contributed by atoms with E-state index in [0.29, 0.717) is 17.5 Å². The highest BCUT2D eigenvalue weighted by Gasteiger charge is 2.25. The highest BCUT2D eigenvalue weighted by Crippen LogP contribution is 2.32. The number of anilines is 1. The van der Waals surface area contributed by atoms with Crippen LogP contribution in [0.1, 0.15) is 10.5 Å². The van der Waals surface area contributed by atoms with E-state index in [1.165, 1.54) is 49.5 Å². The highest BCUT2D eigenvalue weighted by molar-refractivity contribution is 7.92. The summed E-state index contributed by atoms with van der Waals surface area (Å²) in [5.74, 6) is -1.73. The standard InChI is InChI=1S/C26H29ClFN5O6SSi/c1-37-25-22(11-16(27)13-30-25)40(35,36)32-19-8-6-7-17(23(19)28)20-12-21-18(14-29-20)24(26(34)38-2)31-33(21)15-39-9-10-41(3,4)5/h6-8,11-14,32H,9-10,15H2,1-5H3. The van der Waals surface area contributed by atoms with Crippen LogP contribution in [0.3, 0.4) is 0 Å². The molecule has 0 aliphatic heterocycles. The molecule has 0 saturated heterocycles. The highest BCUT2D eigenvalue weighted by atomic mass is 35.5. The van der Waals surface area contributed by atoms with Crippen molar-refractivity contribution in [3.63, 3.8) is 0 Å². The molecule has 0 spiro atoms. The summed E-state index contributed by atoms with van der Waals surface area (Å²) in [6, 6.07) is 7.84. The predicted octanol–water partition coefficient (Wildman–Crippen LogP) is 5.19. The number of pyridine rings is 2. The largest absolute Gasteiger partial charge is 0.480 e. The average molecular weight is 622 g/mol. The Morgan fingerprint density at radius 3 is 2.59 bits per heavy atom. The molecule has 4 aromatic rings. The molecule has 41 heavy (non-hydrogen) atoms. The van der Waals surface area contributed by atoms with Crippen molar-refractivity contribution in [3.8, 4) is 17.1 Å². The Bertz CT molecular complexity index is 1710. The molecule has 3 heterocycles. The summed E-state index contributed by atoms with van der Waals surface area (Å²) in [5, 5.41) is 4.80. The van der Waals surface area contributed by atoms with Crippen LogP contribution >= 0.6 is 11.6 Å². The van der Waals surface area contributed by atoms with Gasteiger partial charge in [0.15, 0.2) is 16.4 Å². The second kappa shape index (κ2) is 12.1. The van der Waals surface area contributed by atoms with Crippen LogP contribution in [0, 0.1) is 5.82 Å². The van der Waals surface area contributed by atoms with Crippen LogP contribution in [-0.4, -0.2) is 63.0 Å². The number of nitrogens with zero attached hydrogens (tertiary/aromatic N) is 4. The number of sulfonamides is 1. The lowest BCUT2D eigenvalue weighted by Crippen LogP contribution is -2.22. The van der Waals surface area contributed by atoms with Crippen molar-refractivity contribution in [1.29, 1.82) is 0 Å². The summed E-state index contributed by atoms with van der Waals surface area (Å²) in [7, 11) is -3.16. The number of ether oxygens (including phenoxy) is 3. The third-order valence-corrected chi connectivity index (χ3v) is 9.28. The number of hydrogen-bond donors (Lipinski definition) is 1. The average Bonchev–Trinajstić information content (AvgIpc) is 3.29. The number of aromatic nitrogens is 4. The van der Waals surface area contributed by atoms with Crippen LogP contribution < -0.4 is 9.46 Å². The van der Waals surface area contributed by atoms with Gasteiger partial charge in [0.05, 0.1) is 41.5 Å². The molecule has 0 fully saturated rings. The van der Waals surface area contributed by atoms with Crippen molar-refractivity contribution in [2.75, 3.05) is 25.5 Å². The minimum Gasteiger partial charge on any atom is -0.480 e. The Hall–Kier alpha value is -3.59. The fourth-order valence-corrected chi connectivity index (χ4v) is 6.04. The molecule has 0 amide bonds. The van der Waals surface area contributed by atoms with Crippen molar-refractivity contribution >= 4 is 52.3 Å². The number of hydrogen-bond acceptors (Lipinski definition) is 9. The Labute approximate surface area is 242 Å². The minimum atomic E-state index is -4.34. The molecule has 1 aromatic carbocycles. The third kappa shape index (κ3) is 6.84. The number of halogens is 2. The zero-order chi connectivity index (χ0) is 29.9. The van der Waals surface area contributed by atoms with Gasteiger partial charge in [-0.3, -0.25) is 9.71 Å². The van der Waals surface area contributed by atoms with Gasteiger partial charge in [0.1, 0.15) is 6.73 Å². The Morgan fingerprint density at radius 2 is 1.90 bits per heavy atom. The van der Waals surface area contributed by atoms with Crippen LogP contribution in [0.15, 0.2) is 47.6 Å². The Morgan fingerprint density at radius 1 is 1.15 bits per heavy atom. The van der Waals surface area contributed by atoms with Gasteiger partial charge in [0.25, 0.3) is 10.0 Å². The smallest absolute Gasteiger partial charge is 0.359 e. The van der Waals surface area contributed by atoms with Gasteiger partial charge in [-0.1, -0.05) is 37.3 Å². The van der Waals surface area contributed by atoms with Gasteiger partial charge in [-0.25, -0.2) is 27.3 Å². The summed E-state index contributed by atoms with van der Waals surface area (Å²) in [5.41, 5.74) is 0.364. The number of carbonyl (C=O) groups excluding carboxylic acids is 1. The molecule has 4 rings (SSSR count). The van der Waals surface area contributed by atoms with Gasteiger partial charge in [0, 0.05) is 32.6 Å². The molecule has 218 valence electrons. The van der Waals surface area contributed by atoms with Gasteiger partial charge in [0.2, 0.25) is 5.88 Å². The topological polar surface area (TPSA) is 135 Å². The van der Waals surface area contributed by atoms with E-state index >= 15 is 4.39 Å². The summed E-state index contributed by atoms with van der Waals surface area (Å²) in [6.07, 6.45) is 2.62. The maximum Gasteiger partial charge on any atom is 0.359 e. The summed E-state index contributed by atoms with van der Waals surface area (Å²) < 4.78 is 61.4. The zero-order valence-corrected chi connectivity index (χ0v) is 25.6. The fourth-order valence-electron chi connectivity index (χ4n) is 3.85. The SMILES string of the molecule is COC(=O)c1nn(COCC[Si](C)(C)C)c2cc(-c3cccc(NS(=O)(=O)c4cc(Cl)cnc4OC)c3F)ncc12. The lowest BCUT2D eigenvalue weighted by molar-refractivity contribution is 0.0585. The van der Waals surface area contributed by atoms with Gasteiger partial charge in [-0.15, -0.1) is 0 Å². The molecule has 1 N–H and O–H groups in total. The Balaban J connectivity index is 1.71. The van der Waals surface area contributed by atoms with Gasteiger partial charge < -0.3 is 14.2 Å². The molecule has 0 aliphatic rings. The lowest BCUT2D eigenvalue weighted by atomic mass is 10.1. The molecular formula is C26H29ClFN5O6SSi. The van der Waals surface area contributed by atoms with E-state index in [9.17, 15) is 13.2 Å². The number of carbonyl (C=O) groups is 1. The third-order valence-electron chi connectivity index (χ3n) is 6.01. The normalized spacial score (nSPS) is 12.0. The summed E-state index contributed by atoms with van der Waals surface area (Å²) in [6.45, 7) is 7.28. The van der Waals surface area contributed by atoms with E-state index in [0.717, 1.165) is 12.1 Å². The molecule has 0 bridgehead atoms. The first kappa shape index (κ1) is 30.4. The van der Waals surface area contributed by atoms with E-state index < -0.39 is 29.9 Å².